The summed E-state index contributed by atoms with van der Waals surface area (Å²) in [6.45, 7) is 0. The Morgan fingerprint density at radius 3 is 2.71 bits per heavy atom. The Labute approximate surface area is 86.5 Å². The highest BCUT2D eigenvalue weighted by atomic mass is 79.9. The molecule has 14 heavy (non-hydrogen) atoms. The predicted molar refractivity (Wildman–Crippen MR) is 47.0 cm³/mol. The van der Waals surface area contributed by atoms with Gasteiger partial charge in [0.15, 0.2) is 12.0 Å². The van der Waals surface area contributed by atoms with E-state index in [1.165, 1.54) is 0 Å². The summed E-state index contributed by atoms with van der Waals surface area (Å²) < 4.78 is 24.6. The topological polar surface area (TPSA) is 53.8 Å². The summed E-state index contributed by atoms with van der Waals surface area (Å²) in [6, 6.07) is 2.56. The monoisotopic (exact) mass is 260 g/mol. The van der Waals surface area contributed by atoms with Crippen molar-refractivity contribution in [3.63, 3.8) is 0 Å². The molecule has 6 heteroatoms. The fourth-order valence-corrected chi connectivity index (χ4v) is 1.23. The maximum absolute atomic E-state index is 12.2. The maximum atomic E-state index is 12.2. The second-order valence-corrected chi connectivity index (χ2v) is 3.12. The largest absolute Gasteiger partial charge is 0.298 e. The number of halogens is 3. The smallest absolute Gasteiger partial charge is 0.280 e. The molecule has 0 aliphatic carbocycles. The molecule has 0 aromatic carbocycles. The Morgan fingerprint density at radius 1 is 1.64 bits per heavy atom. The molecular formula is C8H3BrF2N2O. The number of nitriles is 1. The van der Waals surface area contributed by atoms with Crippen molar-refractivity contribution < 1.29 is 13.6 Å². The van der Waals surface area contributed by atoms with Gasteiger partial charge in [-0.15, -0.1) is 0 Å². The Bertz CT molecular complexity index is 415. The van der Waals surface area contributed by atoms with Gasteiger partial charge in [0.2, 0.25) is 0 Å². The number of alkyl halides is 2. The minimum atomic E-state index is -2.80. The van der Waals surface area contributed by atoms with E-state index in [0.717, 1.165) is 6.07 Å². The average molecular weight is 261 g/mol. The lowest BCUT2D eigenvalue weighted by molar-refractivity contribution is 0.112. The number of hydrogen-bond acceptors (Lipinski definition) is 3. The molecule has 0 fully saturated rings. The van der Waals surface area contributed by atoms with Crippen LogP contribution >= 0.6 is 15.9 Å². The maximum Gasteiger partial charge on any atom is 0.280 e. The summed E-state index contributed by atoms with van der Waals surface area (Å²) in [6.07, 6.45) is -2.41. The minimum absolute atomic E-state index is 0.00755. The van der Waals surface area contributed by atoms with Gasteiger partial charge < -0.3 is 0 Å². The lowest BCUT2D eigenvalue weighted by Gasteiger charge is -2.03. The zero-order valence-corrected chi connectivity index (χ0v) is 8.25. The van der Waals surface area contributed by atoms with Gasteiger partial charge in [0.05, 0.1) is 4.47 Å². The van der Waals surface area contributed by atoms with E-state index in [1.54, 1.807) is 6.07 Å². The minimum Gasteiger partial charge on any atom is -0.298 e. The second-order valence-electron chi connectivity index (χ2n) is 2.33. The zero-order valence-electron chi connectivity index (χ0n) is 6.67. The van der Waals surface area contributed by atoms with E-state index in [1.807, 2.05) is 0 Å². The Hall–Kier alpha value is -1.35. The van der Waals surface area contributed by atoms with E-state index in [0.29, 0.717) is 6.29 Å². The number of carbonyl (C=O) groups is 1. The van der Waals surface area contributed by atoms with Crippen LogP contribution in [0.15, 0.2) is 10.5 Å². The average Bonchev–Trinajstić information content (AvgIpc) is 2.17. The molecule has 0 radical (unpaired) electrons. The summed E-state index contributed by atoms with van der Waals surface area (Å²) in [5.74, 6) is 0. The van der Waals surface area contributed by atoms with E-state index in [9.17, 15) is 13.6 Å². The van der Waals surface area contributed by atoms with Crippen molar-refractivity contribution >= 4 is 22.2 Å². The van der Waals surface area contributed by atoms with Crippen molar-refractivity contribution in [1.82, 2.24) is 4.98 Å². The molecule has 3 nitrogen and oxygen atoms in total. The summed E-state index contributed by atoms with van der Waals surface area (Å²) in [5, 5.41) is 8.54. The number of aldehydes is 1. The van der Waals surface area contributed by atoms with Crippen LogP contribution in [0.3, 0.4) is 0 Å². The standard InChI is InChI=1S/C8H3BrF2N2O/c9-7-4(3-14)1-5(8(10)11)13-6(7)2-12/h1,3,8H. The lowest BCUT2D eigenvalue weighted by atomic mass is 10.2. The third kappa shape index (κ3) is 1.93. The fourth-order valence-electron chi connectivity index (χ4n) is 0.841. The third-order valence-electron chi connectivity index (χ3n) is 1.46. The van der Waals surface area contributed by atoms with Gasteiger partial charge in [0.25, 0.3) is 6.43 Å². The van der Waals surface area contributed by atoms with Crippen molar-refractivity contribution in [1.29, 1.82) is 5.26 Å². The van der Waals surface area contributed by atoms with Gasteiger partial charge in [0, 0.05) is 5.56 Å². The molecule has 72 valence electrons. The number of aromatic nitrogens is 1. The van der Waals surface area contributed by atoms with Crippen LogP contribution in [-0.2, 0) is 0 Å². The molecule has 0 bridgehead atoms. The quantitative estimate of drug-likeness (QED) is 0.768. The fraction of sp³-hybridized carbons (Fsp3) is 0.125. The molecule has 1 aromatic rings. The molecule has 0 saturated carbocycles. The molecule has 0 aliphatic heterocycles. The van der Waals surface area contributed by atoms with Crippen LogP contribution in [0, 0.1) is 11.3 Å². The molecule has 1 rings (SSSR count). The first-order valence-corrected chi connectivity index (χ1v) is 4.23. The van der Waals surface area contributed by atoms with Crippen LogP contribution in [0.1, 0.15) is 28.2 Å². The summed E-state index contributed by atoms with van der Waals surface area (Å²) >= 11 is 2.92. The summed E-state index contributed by atoms with van der Waals surface area (Å²) in [4.78, 5) is 13.8. The van der Waals surface area contributed by atoms with E-state index >= 15 is 0 Å². The van der Waals surface area contributed by atoms with Crippen LogP contribution in [0.5, 0.6) is 0 Å². The first kappa shape index (κ1) is 10.7. The second kappa shape index (κ2) is 4.24. The van der Waals surface area contributed by atoms with Crippen molar-refractivity contribution in [2.75, 3.05) is 0 Å². The van der Waals surface area contributed by atoms with E-state index in [2.05, 4.69) is 20.9 Å². The van der Waals surface area contributed by atoms with Crippen LogP contribution in [-0.4, -0.2) is 11.3 Å². The van der Waals surface area contributed by atoms with Gasteiger partial charge in [-0.1, -0.05) is 0 Å². The van der Waals surface area contributed by atoms with E-state index < -0.39 is 12.1 Å². The van der Waals surface area contributed by atoms with Crippen LogP contribution in [0.4, 0.5) is 8.78 Å². The molecular weight excluding hydrogens is 258 g/mol. The molecule has 1 aromatic heterocycles. The van der Waals surface area contributed by atoms with Gasteiger partial charge in [-0.25, -0.2) is 13.8 Å². The Kier molecular flexibility index (Phi) is 3.25. The van der Waals surface area contributed by atoms with E-state index in [-0.39, 0.29) is 15.7 Å². The molecule has 1 heterocycles. The highest BCUT2D eigenvalue weighted by Gasteiger charge is 2.15. The summed E-state index contributed by atoms with van der Waals surface area (Å²) in [7, 11) is 0. The van der Waals surface area contributed by atoms with Crippen LogP contribution in [0.2, 0.25) is 0 Å². The number of hydrogen-bond donors (Lipinski definition) is 0. The van der Waals surface area contributed by atoms with Gasteiger partial charge in [-0.05, 0) is 22.0 Å². The van der Waals surface area contributed by atoms with Gasteiger partial charge in [0.1, 0.15) is 11.8 Å². The first-order chi connectivity index (χ1) is 6.60. The van der Waals surface area contributed by atoms with E-state index in [4.69, 9.17) is 5.26 Å². The molecule has 0 amide bonds. The molecule has 0 saturated heterocycles. The zero-order chi connectivity index (χ0) is 10.7. The number of carbonyl (C=O) groups excluding carboxylic acids is 1. The van der Waals surface area contributed by atoms with Crippen molar-refractivity contribution in [2.24, 2.45) is 0 Å². The predicted octanol–water partition coefficient (Wildman–Crippen LogP) is 2.47. The molecule has 0 spiro atoms. The molecule has 0 aliphatic rings. The molecule has 0 atom stereocenters. The first-order valence-electron chi connectivity index (χ1n) is 3.44. The highest BCUT2D eigenvalue weighted by Crippen LogP contribution is 2.24. The van der Waals surface area contributed by atoms with Gasteiger partial charge in [-0.3, -0.25) is 4.79 Å². The summed E-state index contributed by atoms with van der Waals surface area (Å²) in [5.41, 5.74) is -0.802. The number of pyridine rings is 1. The highest BCUT2D eigenvalue weighted by molar-refractivity contribution is 9.10. The number of rotatable bonds is 2. The van der Waals surface area contributed by atoms with Crippen molar-refractivity contribution in [2.45, 2.75) is 6.43 Å². The normalized spacial score (nSPS) is 9.93. The van der Waals surface area contributed by atoms with Gasteiger partial charge >= 0.3 is 0 Å². The molecule has 0 unspecified atom stereocenters. The Morgan fingerprint density at radius 2 is 2.29 bits per heavy atom. The SMILES string of the molecule is N#Cc1nc(C(F)F)cc(C=O)c1Br. The third-order valence-corrected chi connectivity index (χ3v) is 2.30. The van der Waals surface area contributed by atoms with Crippen LogP contribution < -0.4 is 0 Å². The van der Waals surface area contributed by atoms with Crippen LogP contribution in [0.25, 0.3) is 0 Å². The van der Waals surface area contributed by atoms with Gasteiger partial charge in [-0.2, -0.15) is 5.26 Å². The number of nitrogens with zero attached hydrogens (tertiary/aromatic N) is 2. The lowest BCUT2D eigenvalue weighted by Crippen LogP contribution is -1.98. The van der Waals surface area contributed by atoms with Crippen molar-refractivity contribution in [3.8, 4) is 6.07 Å². The molecule has 0 N–H and O–H groups in total. The Balaban J connectivity index is 3.41. The van der Waals surface area contributed by atoms with Crippen molar-refractivity contribution in [3.05, 3.63) is 27.5 Å².